The summed E-state index contributed by atoms with van der Waals surface area (Å²) in [5.74, 6) is 2.32. The number of hydrogen-bond donors (Lipinski definition) is 1. The van der Waals surface area contributed by atoms with Gasteiger partial charge in [0.25, 0.3) is 0 Å². The van der Waals surface area contributed by atoms with Gasteiger partial charge in [0.15, 0.2) is 0 Å². The summed E-state index contributed by atoms with van der Waals surface area (Å²) in [5, 5.41) is 0. The average molecular weight is 262 g/mol. The predicted molar refractivity (Wildman–Crippen MR) is 76.4 cm³/mol. The summed E-state index contributed by atoms with van der Waals surface area (Å²) in [5.41, 5.74) is 5.90. The van der Waals surface area contributed by atoms with Gasteiger partial charge in [-0.25, -0.2) is 0 Å². The van der Waals surface area contributed by atoms with Crippen molar-refractivity contribution in [3.63, 3.8) is 0 Å². The van der Waals surface area contributed by atoms with E-state index in [0.29, 0.717) is 29.7 Å². The third kappa shape index (κ3) is 2.33. The predicted octanol–water partition coefficient (Wildman–Crippen LogP) is 2.17. The molecule has 0 spiro atoms. The summed E-state index contributed by atoms with van der Waals surface area (Å²) in [6.45, 7) is 0.721. The first-order valence-corrected chi connectivity index (χ1v) is 7.85. The monoisotopic (exact) mass is 262 g/mol. The second-order valence-electron chi connectivity index (χ2n) is 6.68. The lowest BCUT2D eigenvalue weighted by Crippen LogP contribution is -2.48. The van der Waals surface area contributed by atoms with Gasteiger partial charge in [0.1, 0.15) is 0 Å². The van der Waals surface area contributed by atoms with E-state index in [1.165, 1.54) is 25.7 Å². The van der Waals surface area contributed by atoms with Crippen molar-refractivity contribution >= 4 is 5.91 Å². The van der Waals surface area contributed by atoms with Crippen LogP contribution in [-0.2, 0) is 4.79 Å². The molecule has 19 heavy (non-hydrogen) atoms. The number of amides is 1. The molecule has 0 radical (unpaired) electrons. The first kappa shape index (κ1) is 13.2. The molecule has 2 fully saturated rings. The van der Waals surface area contributed by atoms with E-state index in [4.69, 9.17) is 5.73 Å². The summed E-state index contributed by atoms with van der Waals surface area (Å²) in [4.78, 5) is 14.8. The van der Waals surface area contributed by atoms with Crippen molar-refractivity contribution in [3.05, 3.63) is 12.2 Å². The molecule has 3 nitrogen and oxygen atoms in total. The Kier molecular flexibility index (Phi) is 3.66. The fourth-order valence-corrected chi connectivity index (χ4v) is 4.46. The zero-order valence-corrected chi connectivity index (χ0v) is 11.9. The van der Waals surface area contributed by atoms with Crippen LogP contribution in [0.15, 0.2) is 12.2 Å². The molecule has 5 unspecified atom stereocenters. The second-order valence-corrected chi connectivity index (χ2v) is 6.68. The van der Waals surface area contributed by atoms with Crippen molar-refractivity contribution in [3.8, 4) is 0 Å². The summed E-state index contributed by atoms with van der Waals surface area (Å²) < 4.78 is 0. The molecule has 0 heterocycles. The van der Waals surface area contributed by atoms with Crippen molar-refractivity contribution in [1.82, 2.24) is 4.90 Å². The smallest absolute Gasteiger partial charge is 0.226 e. The summed E-state index contributed by atoms with van der Waals surface area (Å²) in [6.07, 6.45) is 11.7. The quantitative estimate of drug-likeness (QED) is 0.792. The van der Waals surface area contributed by atoms with Gasteiger partial charge < -0.3 is 10.6 Å². The molecule has 0 saturated heterocycles. The highest BCUT2D eigenvalue weighted by molar-refractivity contribution is 5.80. The summed E-state index contributed by atoms with van der Waals surface area (Å²) in [7, 11) is 2.01. The molecular weight excluding hydrogens is 236 g/mol. The third-order valence-corrected chi connectivity index (χ3v) is 5.61. The SMILES string of the molecule is CN(C(=O)C1CC2C=CC1C2)C1CCCCC1CN. The summed E-state index contributed by atoms with van der Waals surface area (Å²) >= 11 is 0. The molecule has 0 aromatic heterocycles. The molecule has 3 aliphatic rings. The van der Waals surface area contributed by atoms with Gasteiger partial charge in [-0.05, 0) is 50.0 Å². The van der Waals surface area contributed by atoms with Crippen LogP contribution in [0.5, 0.6) is 0 Å². The Hall–Kier alpha value is -0.830. The fourth-order valence-electron chi connectivity index (χ4n) is 4.46. The van der Waals surface area contributed by atoms with E-state index in [0.717, 1.165) is 19.4 Å². The lowest BCUT2D eigenvalue weighted by molar-refractivity contribution is -0.138. The van der Waals surface area contributed by atoms with Crippen LogP contribution in [0, 0.1) is 23.7 Å². The minimum Gasteiger partial charge on any atom is -0.342 e. The molecule has 0 aromatic rings. The van der Waals surface area contributed by atoms with Gasteiger partial charge >= 0.3 is 0 Å². The zero-order chi connectivity index (χ0) is 13.4. The van der Waals surface area contributed by atoms with Crippen LogP contribution >= 0.6 is 0 Å². The van der Waals surface area contributed by atoms with E-state index in [9.17, 15) is 4.79 Å². The minimum absolute atomic E-state index is 0.250. The molecule has 0 aliphatic heterocycles. The van der Waals surface area contributed by atoms with E-state index < -0.39 is 0 Å². The molecule has 2 saturated carbocycles. The van der Waals surface area contributed by atoms with Gasteiger partial charge in [-0.3, -0.25) is 4.79 Å². The van der Waals surface area contributed by atoms with Crippen LogP contribution in [0.3, 0.4) is 0 Å². The topological polar surface area (TPSA) is 46.3 Å². The van der Waals surface area contributed by atoms with Gasteiger partial charge in [-0.15, -0.1) is 0 Å². The van der Waals surface area contributed by atoms with Gasteiger partial charge in [0, 0.05) is 19.0 Å². The van der Waals surface area contributed by atoms with Gasteiger partial charge in [0.2, 0.25) is 5.91 Å². The largest absolute Gasteiger partial charge is 0.342 e. The van der Waals surface area contributed by atoms with Gasteiger partial charge in [-0.1, -0.05) is 25.0 Å². The van der Waals surface area contributed by atoms with Gasteiger partial charge in [0.05, 0.1) is 0 Å². The van der Waals surface area contributed by atoms with Crippen LogP contribution in [0.25, 0.3) is 0 Å². The molecule has 2 bridgehead atoms. The summed E-state index contributed by atoms with van der Waals surface area (Å²) in [6, 6.07) is 0.384. The Morgan fingerprint density at radius 3 is 2.68 bits per heavy atom. The van der Waals surface area contributed by atoms with Crippen molar-refractivity contribution < 1.29 is 4.79 Å². The molecule has 3 heteroatoms. The highest BCUT2D eigenvalue weighted by Crippen LogP contribution is 2.44. The fraction of sp³-hybridized carbons (Fsp3) is 0.812. The lowest BCUT2D eigenvalue weighted by Gasteiger charge is -2.39. The van der Waals surface area contributed by atoms with Crippen LogP contribution < -0.4 is 5.73 Å². The van der Waals surface area contributed by atoms with Gasteiger partial charge in [-0.2, -0.15) is 0 Å². The van der Waals surface area contributed by atoms with Crippen molar-refractivity contribution in [2.24, 2.45) is 29.4 Å². The van der Waals surface area contributed by atoms with Crippen LogP contribution in [-0.4, -0.2) is 30.4 Å². The highest BCUT2D eigenvalue weighted by Gasteiger charge is 2.42. The number of nitrogens with zero attached hydrogens (tertiary/aromatic N) is 1. The maximum absolute atomic E-state index is 12.7. The standard InChI is InChI=1S/C16H26N2O/c1-18(15-5-3-2-4-13(15)10-17)16(19)14-9-11-6-7-12(14)8-11/h6-7,11-15H,2-5,8-10,17H2,1H3. The molecule has 106 valence electrons. The lowest BCUT2D eigenvalue weighted by atomic mass is 9.82. The number of allylic oxidation sites excluding steroid dienone is 2. The highest BCUT2D eigenvalue weighted by atomic mass is 16.2. The van der Waals surface area contributed by atoms with E-state index in [1.807, 2.05) is 7.05 Å². The van der Waals surface area contributed by atoms with Crippen LogP contribution in [0.1, 0.15) is 38.5 Å². The third-order valence-electron chi connectivity index (χ3n) is 5.61. The molecule has 3 aliphatic carbocycles. The van der Waals surface area contributed by atoms with E-state index >= 15 is 0 Å². The number of nitrogens with two attached hydrogens (primary N) is 1. The number of rotatable bonds is 3. The number of carbonyl (C=O) groups is 1. The average Bonchev–Trinajstić information content (AvgIpc) is 3.08. The van der Waals surface area contributed by atoms with Crippen LogP contribution in [0.2, 0.25) is 0 Å². The normalized spacial score (nSPS) is 40.6. The second kappa shape index (κ2) is 5.28. The number of carbonyl (C=O) groups excluding carboxylic acids is 1. The Balaban J connectivity index is 1.67. The molecule has 0 aromatic carbocycles. The molecule has 1 amide bonds. The Labute approximate surface area is 116 Å². The van der Waals surface area contributed by atoms with E-state index in [1.54, 1.807) is 0 Å². The molecule has 2 N–H and O–H groups in total. The molecule has 3 rings (SSSR count). The minimum atomic E-state index is 0.250. The molecular formula is C16H26N2O. The zero-order valence-electron chi connectivity index (χ0n) is 11.9. The first-order valence-electron chi connectivity index (χ1n) is 7.85. The number of fused-ring (bicyclic) bond motifs is 2. The van der Waals surface area contributed by atoms with Crippen molar-refractivity contribution in [2.45, 2.75) is 44.6 Å². The van der Waals surface area contributed by atoms with Crippen molar-refractivity contribution in [1.29, 1.82) is 0 Å². The van der Waals surface area contributed by atoms with E-state index in [-0.39, 0.29) is 5.92 Å². The van der Waals surface area contributed by atoms with E-state index in [2.05, 4.69) is 17.1 Å². The Morgan fingerprint density at radius 2 is 2.05 bits per heavy atom. The van der Waals surface area contributed by atoms with Crippen molar-refractivity contribution in [2.75, 3.05) is 13.6 Å². The first-order chi connectivity index (χ1) is 9.20. The maximum atomic E-state index is 12.7. The Bertz CT molecular complexity index is 379. The number of hydrogen-bond acceptors (Lipinski definition) is 2. The molecule has 5 atom stereocenters. The van der Waals surface area contributed by atoms with Crippen LogP contribution in [0.4, 0.5) is 0 Å². The maximum Gasteiger partial charge on any atom is 0.226 e. The Morgan fingerprint density at radius 1 is 1.26 bits per heavy atom.